The summed E-state index contributed by atoms with van der Waals surface area (Å²) in [5.41, 5.74) is 10.4. The van der Waals surface area contributed by atoms with Crippen molar-refractivity contribution >= 4 is 64.1 Å². The van der Waals surface area contributed by atoms with Gasteiger partial charge in [-0.3, -0.25) is 43.2 Å². The predicted octanol–water partition coefficient (Wildman–Crippen LogP) is 5.04. The Morgan fingerprint density at radius 2 is 1.41 bits per heavy atom. The van der Waals surface area contributed by atoms with Crippen molar-refractivity contribution in [1.29, 1.82) is 0 Å². The number of unbranched alkanes of at least 4 members (excludes halogenated alkanes) is 1. The number of nitrogens with one attached hydrogen (secondary N) is 5. The Hall–Kier alpha value is -7.57. The van der Waals surface area contributed by atoms with Crippen LogP contribution in [0.3, 0.4) is 0 Å². The third-order valence-corrected chi connectivity index (χ3v) is 16.5. The maximum atomic E-state index is 15.9. The van der Waals surface area contributed by atoms with E-state index in [0.717, 1.165) is 45.3 Å². The van der Waals surface area contributed by atoms with Gasteiger partial charge in [0, 0.05) is 56.0 Å². The number of aromatic nitrogens is 1. The second kappa shape index (κ2) is 26.9. The van der Waals surface area contributed by atoms with Crippen LogP contribution in [0.1, 0.15) is 128 Å². The molecule has 19 nitrogen and oxygen atoms in total. The lowest BCUT2D eigenvalue weighted by molar-refractivity contribution is -0.163. The zero-order valence-corrected chi connectivity index (χ0v) is 45.5. The molecule has 9 atom stereocenters. The molecule has 4 heterocycles. The molecular weight excluding hydrogens is 1010 g/mol. The second-order valence-corrected chi connectivity index (χ2v) is 21.9. The van der Waals surface area contributed by atoms with Crippen LogP contribution >= 0.6 is 0 Å². The number of carbonyl (C=O) groups is 9. The van der Waals surface area contributed by atoms with E-state index in [1.54, 1.807) is 6.20 Å². The number of carbonyl (C=O) groups excluding carboxylic acids is 8. The zero-order chi connectivity index (χ0) is 56.2. The molecule has 0 bridgehead atoms. The van der Waals surface area contributed by atoms with Crippen molar-refractivity contribution in [2.45, 2.75) is 178 Å². The quantitative estimate of drug-likeness (QED) is 0.0937. The largest absolute Gasteiger partial charge is 0.481 e. The number of H-pyrrole nitrogens is 1. The van der Waals surface area contributed by atoms with Crippen molar-refractivity contribution in [3.63, 3.8) is 0 Å². The number of fused-ring (bicyclic) bond motifs is 5. The number of aliphatic carboxylic acids is 1. The van der Waals surface area contributed by atoms with Gasteiger partial charge in [0.2, 0.25) is 47.3 Å². The van der Waals surface area contributed by atoms with E-state index in [2.05, 4.69) is 26.3 Å². The molecule has 4 fully saturated rings. The molecule has 1 saturated carbocycles. The van der Waals surface area contributed by atoms with Gasteiger partial charge in [-0.15, -0.1) is 0 Å². The third kappa shape index (κ3) is 14.0. The van der Waals surface area contributed by atoms with Gasteiger partial charge in [-0.2, -0.15) is 0 Å². The predicted molar refractivity (Wildman–Crippen MR) is 296 cm³/mol. The molecule has 422 valence electrons. The first kappa shape index (κ1) is 57.6. The molecule has 1 aliphatic carbocycles. The number of hydrogen-bond donors (Lipinski definition) is 7. The highest BCUT2D eigenvalue weighted by molar-refractivity contribution is 6.00. The number of piperidine rings is 2. The molecule has 19 heteroatoms. The van der Waals surface area contributed by atoms with E-state index >= 15 is 19.2 Å². The summed E-state index contributed by atoms with van der Waals surface area (Å²) < 4.78 is 0. The smallest absolute Gasteiger partial charge is 0.305 e. The van der Waals surface area contributed by atoms with Gasteiger partial charge in [-0.05, 0) is 105 Å². The lowest BCUT2D eigenvalue weighted by atomic mass is 9.75. The minimum Gasteiger partial charge on any atom is -0.481 e. The van der Waals surface area contributed by atoms with E-state index in [-0.39, 0.29) is 64.0 Å². The van der Waals surface area contributed by atoms with Crippen LogP contribution in [-0.2, 0) is 56.0 Å². The molecule has 0 radical (unpaired) electrons. The standard InChI is InChI=1S/C60H77N9O10/c1-3-4-20-45(64-37(2)70)59(78)69-49(54(61)73)23-12-14-31-62-55(74)46(34-42-36-63-44-21-10-9-19-43(42)44)65-56(75)50-24-13-15-32-67(50)58(77)47(33-38-25-27-40(28-26-38)39-16-6-5-7-17-39)66-57(76)51-30-29-41-18-8-11-22-48(41)68(51)60(79)52(69)35-53(71)72/h5-7,9-10,16-17,19,21,25-28,36,41,45-52,63H,3-4,8,11-15,18,20,22-24,29-35H2,1-2H3,(H2,61,73)(H,62,74)(H,64,70)(H,65,75)(H,66,76)(H,71,72)/t41?,45-,46-,47+,48?,49-,50?,51?,52-/m0/s1. The van der Waals surface area contributed by atoms with E-state index in [1.807, 2.05) is 85.8 Å². The number of benzene rings is 3. The third-order valence-electron chi connectivity index (χ3n) is 16.5. The summed E-state index contributed by atoms with van der Waals surface area (Å²) in [5.74, 6) is -7.08. The monoisotopic (exact) mass is 1080 g/mol. The van der Waals surface area contributed by atoms with Gasteiger partial charge in [-0.25, -0.2) is 0 Å². The zero-order valence-electron chi connectivity index (χ0n) is 45.5. The average molecular weight is 1080 g/mol. The Balaban J connectivity index is 1.23. The van der Waals surface area contributed by atoms with Gasteiger partial charge in [-0.1, -0.05) is 105 Å². The molecule has 4 aromatic rings. The van der Waals surface area contributed by atoms with Crippen molar-refractivity contribution in [1.82, 2.24) is 41.0 Å². The Morgan fingerprint density at radius 3 is 2.14 bits per heavy atom. The number of carboxylic acid groups (broad SMARTS) is 1. The second-order valence-electron chi connectivity index (χ2n) is 21.9. The van der Waals surface area contributed by atoms with Crippen LogP contribution in [0.2, 0.25) is 0 Å². The fourth-order valence-corrected chi connectivity index (χ4v) is 12.5. The summed E-state index contributed by atoms with van der Waals surface area (Å²) in [4.78, 5) is 138. The maximum absolute atomic E-state index is 15.9. The first-order chi connectivity index (χ1) is 38.1. The molecule has 1 aromatic heterocycles. The number of para-hydroxylation sites is 1. The molecule has 8 amide bonds. The van der Waals surface area contributed by atoms with Crippen LogP contribution in [0.25, 0.3) is 22.0 Å². The highest BCUT2D eigenvalue weighted by Crippen LogP contribution is 2.40. The average Bonchev–Trinajstić information content (AvgIpc) is 3.88. The first-order valence-corrected chi connectivity index (χ1v) is 28.4. The number of nitrogens with two attached hydrogens (primary N) is 1. The number of hydrogen-bond acceptors (Lipinski definition) is 9. The van der Waals surface area contributed by atoms with Gasteiger partial charge in [0.1, 0.15) is 42.3 Å². The van der Waals surface area contributed by atoms with Gasteiger partial charge in [0.15, 0.2) is 0 Å². The molecule has 4 aliphatic rings. The van der Waals surface area contributed by atoms with Crippen molar-refractivity contribution in [3.05, 3.63) is 96.2 Å². The lowest BCUT2D eigenvalue weighted by Gasteiger charge is -2.50. The number of carboxylic acids is 1. The Bertz CT molecular complexity index is 2840. The lowest BCUT2D eigenvalue weighted by Crippen LogP contribution is -2.67. The summed E-state index contributed by atoms with van der Waals surface area (Å²) in [5, 5.41) is 23.2. The number of rotatable bonds is 13. The van der Waals surface area contributed by atoms with E-state index in [1.165, 1.54) is 16.7 Å². The molecule has 8 rings (SSSR count). The van der Waals surface area contributed by atoms with Crippen molar-refractivity contribution < 1.29 is 48.3 Å². The first-order valence-electron chi connectivity index (χ1n) is 28.4. The summed E-state index contributed by atoms with van der Waals surface area (Å²) in [6.45, 7) is 3.36. The molecule has 0 spiro atoms. The highest BCUT2D eigenvalue weighted by atomic mass is 16.4. The van der Waals surface area contributed by atoms with E-state index < -0.39 is 108 Å². The van der Waals surface area contributed by atoms with E-state index in [4.69, 9.17) is 5.73 Å². The Morgan fingerprint density at radius 1 is 0.722 bits per heavy atom. The van der Waals surface area contributed by atoms with Crippen LogP contribution in [0.5, 0.6) is 0 Å². The van der Waals surface area contributed by atoms with Gasteiger partial charge < -0.3 is 51.8 Å². The number of amides is 8. The van der Waals surface area contributed by atoms with Crippen LogP contribution in [0.15, 0.2) is 85.1 Å². The maximum Gasteiger partial charge on any atom is 0.305 e. The topological polar surface area (TPSA) is 274 Å². The fraction of sp³-hybridized carbons (Fsp3) is 0.517. The van der Waals surface area contributed by atoms with Crippen molar-refractivity contribution in [2.75, 3.05) is 13.1 Å². The fourth-order valence-electron chi connectivity index (χ4n) is 12.5. The highest BCUT2D eigenvalue weighted by Gasteiger charge is 2.50. The molecule has 79 heavy (non-hydrogen) atoms. The molecular formula is C60H77N9O10. The number of aromatic amines is 1. The van der Waals surface area contributed by atoms with E-state index in [9.17, 15) is 29.1 Å². The van der Waals surface area contributed by atoms with E-state index in [0.29, 0.717) is 56.9 Å². The molecule has 3 aliphatic heterocycles. The SMILES string of the molecule is CCCC[C@H](NC(C)=O)C(=O)N1[C@H](C(N)=O)CCCCNC(=O)[C@H](Cc2c[nH]c3ccccc23)NC(=O)C2CCCCN2C(=O)[C@@H](Cc2ccc(-c3ccccc3)cc2)NC(=O)C2CCC3CCCCC3N2C(=O)[C@@H]1CC(=O)O. The molecule has 3 saturated heterocycles. The van der Waals surface area contributed by atoms with Crippen LogP contribution in [-0.4, -0.2) is 139 Å². The van der Waals surface area contributed by atoms with Gasteiger partial charge in [0.25, 0.3) is 0 Å². The summed E-state index contributed by atoms with van der Waals surface area (Å²) >= 11 is 0. The Labute approximate surface area is 461 Å². The molecule has 8 N–H and O–H groups in total. The normalized spacial score (nSPS) is 25.3. The number of primary amides is 1. The Kier molecular flexibility index (Phi) is 19.6. The van der Waals surface area contributed by atoms with Gasteiger partial charge in [0.05, 0.1) is 6.42 Å². The van der Waals surface area contributed by atoms with Crippen molar-refractivity contribution in [3.8, 4) is 11.1 Å². The van der Waals surface area contributed by atoms with Crippen LogP contribution in [0.4, 0.5) is 0 Å². The summed E-state index contributed by atoms with van der Waals surface area (Å²) in [6, 6.07) is 15.1. The van der Waals surface area contributed by atoms with Crippen molar-refractivity contribution in [2.24, 2.45) is 11.7 Å². The number of nitrogens with zero attached hydrogens (tertiary/aromatic N) is 3. The van der Waals surface area contributed by atoms with Gasteiger partial charge >= 0.3 is 5.97 Å². The summed E-state index contributed by atoms with van der Waals surface area (Å²) in [6.07, 6.45) is 7.30. The minimum absolute atomic E-state index is 0.00466. The van der Waals surface area contributed by atoms with Crippen LogP contribution in [0, 0.1) is 5.92 Å². The minimum atomic E-state index is -1.86. The van der Waals surface area contributed by atoms with Crippen LogP contribution < -0.4 is 27.0 Å². The summed E-state index contributed by atoms with van der Waals surface area (Å²) in [7, 11) is 0. The molecule has 3 aromatic carbocycles. The molecule has 4 unspecified atom stereocenters.